The van der Waals surface area contributed by atoms with Gasteiger partial charge in [-0.25, -0.2) is 0 Å². The molecule has 3 N–H and O–H groups in total. The van der Waals surface area contributed by atoms with Gasteiger partial charge in [0.15, 0.2) is 0 Å². The van der Waals surface area contributed by atoms with E-state index in [1.54, 1.807) is 0 Å². The average molecular weight is 182 g/mol. The summed E-state index contributed by atoms with van der Waals surface area (Å²) >= 11 is 0. The van der Waals surface area contributed by atoms with E-state index in [1.807, 2.05) is 0 Å². The molecule has 6 nitrogen and oxygen atoms in total. The molecule has 2 rings (SSSR count). The summed E-state index contributed by atoms with van der Waals surface area (Å²) in [6.07, 6.45) is 0.959. The van der Waals surface area contributed by atoms with Crippen molar-refractivity contribution >= 4 is 5.91 Å². The van der Waals surface area contributed by atoms with Crippen LogP contribution in [0.25, 0.3) is 0 Å². The monoisotopic (exact) mass is 182 g/mol. The summed E-state index contributed by atoms with van der Waals surface area (Å²) in [4.78, 5) is 10.6. The predicted molar refractivity (Wildman–Crippen MR) is 43.0 cm³/mol. The minimum absolute atomic E-state index is 0.109. The van der Waals surface area contributed by atoms with E-state index in [-0.39, 0.29) is 11.8 Å². The Morgan fingerprint density at radius 3 is 3.00 bits per heavy atom. The Bertz CT molecular complexity index is 316. The topological polar surface area (TPSA) is 94.0 Å². The van der Waals surface area contributed by atoms with E-state index in [1.165, 1.54) is 0 Å². The van der Waals surface area contributed by atoms with E-state index in [0.717, 1.165) is 19.5 Å². The first kappa shape index (κ1) is 8.18. The Balaban J connectivity index is 2.16. The van der Waals surface area contributed by atoms with Gasteiger partial charge in [-0.1, -0.05) is 0 Å². The summed E-state index contributed by atoms with van der Waals surface area (Å²) in [5, 5.41) is 10.5. The summed E-state index contributed by atoms with van der Waals surface area (Å²) in [5.41, 5.74) is 4.97. The van der Waals surface area contributed by atoms with Crippen molar-refractivity contribution in [2.75, 3.05) is 13.1 Å². The Morgan fingerprint density at radius 2 is 2.46 bits per heavy atom. The molecular formula is C7H10N4O2. The van der Waals surface area contributed by atoms with E-state index in [0.29, 0.717) is 5.89 Å². The zero-order valence-corrected chi connectivity index (χ0v) is 6.99. The fourth-order valence-electron chi connectivity index (χ4n) is 1.36. The van der Waals surface area contributed by atoms with E-state index in [4.69, 9.17) is 10.2 Å². The van der Waals surface area contributed by atoms with Crippen LogP contribution < -0.4 is 11.1 Å². The molecule has 13 heavy (non-hydrogen) atoms. The van der Waals surface area contributed by atoms with E-state index < -0.39 is 5.91 Å². The standard InChI is InChI=1S/C7H10N4O2/c8-5(12)7-11-10-6(13-7)4-1-2-9-3-4/h4,9H,1-3H2,(H2,8,12). The second kappa shape index (κ2) is 3.14. The van der Waals surface area contributed by atoms with Gasteiger partial charge in [-0.05, 0) is 13.0 Å². The average Bonchev–Trinajstić information content (AvgIpc) is 2.75. The highest BCUT2D eigenvalue weighted by atomic mass is 16.4. The van der Waals surface area contributed by atoms with Gasteiger partial charge in [-0.3, -0.25) is 4.79 Å². The Kier molecular flexibility index (Phi) is 1.97. The molecule has 1 aliphatic heterocycles. The molecule has 1 aromatic rings. The van der Waals surface area contributed by atoms with Crippen molar-refractivity contribution in [3.05, 3.63) is 11.8 Å². The number of hydrogen-bond donors (Lipinski definition) is 2. The predicted octanol–water partition coefficient (Wildman–Crippen LogP) is -0.755. The van der Waals surface area contributed by atoms with E-state index in [9.17, 15) is 4.79 Å². The van der Waals surface area contributed by atoms with Crippen molar-refractivity contribution in [2.24, 2.45) is 5.73 Å². The van der Waals surface area contributed by atoms with Crippen LogP contribution in [0.5, 0.6) is 0 Å². The lowest BCUT2D eigenvalue weighted by atomic mass is 10.1. The number of carbonyl (C=O) groups excluding carboxylic acids is 1. The van der Waals surface area contributed by atoms with Crippen LogP contribution in [0.2, 0.25) is 0 Å². The first-order valence-corrected chi connectivity index (χ1v) is 4.11. The smallest absolute Gasteiger partial charge is 0.306 e. The molecule has 0 aliphatic carbocycles. The van der Waals surface area contributed by atoms with Crippen LogP contribution in [0, 0.1) is 0 Å². The zero-order valence-electron chi connectivity index (χ0n) is 6.99. The summed E-state index contributed by atoms with van der Waals surface area (Å²) in [6, 6.07) is 0. The third-order valence-corrected chi connectivity index (χ3v) is 2.06. The number of rotatable bonds is 2. The van der Waals surface area contributed by atoms with Crippen molar-refractivity contribution in [3.8, 4) is 0 Å². The summed E-state index contributed by atoms with van der Waals surface area (Å²) < 4.78 is 5.09. The van der Waals surface area contributed by atoms with Crippen molar-refractivity contribution in [1.82, 2.24) is 15.5 Å². The molecule has 70 valence electrons. The van der Waals surface area contributed by atoms with Crippen LogP contribution in [-0.2, 0) is 0 Å². The minimum Gasteiger partial charge on any atom is -0.417 e. The molecule has 1 saturated heterocycles. The molecule has 1 unspecified atom stereocenters. The van der Waals surface area contributed by atoms with Gasteiger partial charge < -0.3 is 15.5 Å². The van der Waals surface area contributed by atoms with Crippen molar-refractivity contribution < 1.29 is 9.21 Å². The van der Waals surface area contributed by atoms with Gasteiger partial charge in [-0.15, -0.1) is 10.2 Å². The fourth-order valence-corrected chi connectivity index (χ4v) is 1.36. The quantitative estimate of drug-likeness (QED) is 0.627. The second-order valence-corrected chi connectivity index (χ2v) is 3.00. The zero-order chi connectivity index (χ0) is 9.26. The van der Waals surface area contributed by atoms with Crippen molar-refractivity contribution in [2.45, 2.75) is 12.3 Å². The molecule has 1 fully saturated rings. The molecule has 1 amide bonds. The maximum Gasteiger partial charge on any atom is 0.306 e. The summed E-state index contributed by atoms with van der Waals surface area (Å²) in [7, 11) is 0. The number of aromatic nitrogens is 2. The molecule has 0 aromatic carbocycles. The van der Waals surface area contributed by atoms with Crippen LogP contribution in [0.4, 0.5) is 0 Å². The number of carbonyl (C=O) groups is 1. The Morgan fingerprint density at radius 1 is 1.62 bits per heavy atom. The number of primary amides is 1. The van der Waals surface area contributed by atoms with Crippen LogP contribution in [0.1, 0.15) is 28.9 Å². The molecule has 0 spiro atoms. The minimum atomic E-state index is -0.676. The lowest BCUT2D eigenvalue weighted by molar-refractivity contribution is 0.0965. The first-order chi connectivity index (χ1) is 6.27. The van der Waals surface area contributed by atoms with Crippen LogP contribution in [0.3, 0.4) is 0 Å². The molecule has 0 saturated carbocycles. The lowest BCUT2D eigenvalue weighted by Crippen LogP contribution is -2.11. The first-order valence-electron chi connectivity index (χ1n) is 4.11. The number of hydrogen-bond acceptors (Lipinski definition) is 5. The van der Waals surface area contributed by atoms with Gasteiger partial charge in [0, 0.05) is 6.54 Å². The van der Waals surface area contributed by atoms with Gasteiger partial charge in [0.2, 0.25) is 5.89 Å². The molecular weight excluding hydrogens is 172 g/mol. The molecule has 0 radical (unpaired) electrons. The number of amides is 1. The van der Waals surface area contributed by atoms with E-state index >= 15 is 0 Å². The molecule has 6 heteroatoms. The van der Waals surface area contributed by atoms with Crippen molar-refractivity contribution in [1.29, 1.82) is 0 Å². The van der Waals surface area contributed by atoms with Gasteiger partial charge in [0.25, 0.3) is 0 Å². The number of nitrogens with one attached hydrogen (secondary N) is 1. The van der Waals surface area contributed by atoms with Crippen LogP contribution in [0.15, 0.2) is 4.42 Å². The van der Waals surface area contributed by atoms with Crippen molar-refractivity contribution in [3.63, 3.8) is 0 Å². The largest absolute Gasteiger partial charge is 0.417 e. The van der Waals surface area contributed by atoms with Gasteiger partial charge in [-0.2, -0.15) is 0 Å². The van der Waals surface area contributed by atoms with Gasteiger partial charge in [0.1, 0.15) is 0 Å². The third-order valence-electron chi connectivity index (χ3n) is 2.06. The number of nitrogens with two attached hydrogens (primary N) is 1. The van der Waals surface area contributed by atoms with Crippen LogP contribution >= 0.6 is 0 Å². The SMILES string of the molecule is NC(=O)c1nnc(C2CCNC2)o1. The Hall–Kier alpha value is -1.43. The number of nitrogens with zero attached hydrogens (tertiary/aromatic N) is 2. The van der Waals surface area contributed by atoms with Crippen LogP contribution in [-0.4, -0.2) is 29.2 Å². The molecule has 1 aliphatic rings. The normalized spacial score (nSPS) is 22.0. The highest BCUT2D eigenvalue weighted by Crippen LogP contribution is 2.20. The highest BCUT2D eigenvalue weighted by molar-refractivity contribution is 5.87. The fraction of sp³-hybridized carbons (Fsp3) is 0.571. The maximum absolute atomic E-state index is 10.6. The summed E-state index contributed by atoms with van der Waals surface area (Å²) in [6.45, 7) is 1.76. The van der Waals surface area contributed by atoms with Gasteiger partial charge >= 0.3 is 11.8 Å². The Labute approximate surface area is 74.5 Å². The lowest BCUT2D eigenvalue weighted by Gasteiger charge is -1.98. The molecule has 1 atom stereocenters. The summed E-state index contributed by atoms with van der Waals surface area (Å²) in [5.74, 6) is -0.0639. The molecule has 0 bridgehead atoms. The highest BCUT2D eigenvalue weighted by Gasteiger charge is 2.23. The molecule has 1 aromatic heterocycles. The van der Waals surface area contributed by atoms with E-state index in [2.05, 4.69) is 15.5 Å². The third kappa shape index (κ3) is 1.52. The maximum atomic E-state index is 10.6. The van der Waals surface area contributed by atoms with Gasteiger partial charge in [0.05, 0.1) is 5.92 Å². The second-order valence-electron chi connectivity index (χ2n) is 3.00. The molecule has 2 heterocycles.